The van der Waals surface area contributed by atoms with E-state index in [1.54, 1.807) is 12.5 Å². The molecule has 2 heteroatoms. The van der Waals surface area contributed by atoms with E-state index >= 15 is 0 Å². The highest BCUT2D eigenvalue weighted by atomic mass is 16.3. The molecule has 2 nitrogen and oxygen atoms in total. The average Bonchev–Trinajstić information content (AvgIpc) is 2.56. The van der Waals surface area contributed by atoms with Gasteiger partial charge in [0.15, 0.2) is 0 Å². The van der Waals surface area contributed by atoms with E-state index in [0.717, 1.165) is 18.8 Å². The Morgan fingerprint density at radius 2 is 2.31 bits per heavy atom. The minimum atomic E-state index is 0.271. The van der Waals surface area contributed by atoms with Gasteiger partial charge in [0, 0.05) is 6.04 Å². The van der Waals surface area contributed by atoms with Gasteiger partial charge in [-0.3, -0.25) is 0 Å². The summed E-state index contributed by atoms with van der Waals surface area (Å²) in [4.78, 5) is 0. The summed E-state index contributed by atoms with van der Waals surface area (Å²) in [7, 11) is 0. The van der Waals surface area contributed by atoms with Gasteiger partial charge in [-0.15, -0.1) is 0 Å². The van der Waals surface area contributed by atoms with Gasteiger partial charge < -0.3 is 10.2 Å². The highest BCUT2D eigenvalue weighted by Gasteiger charge is 2.08. The summed E-state index contributed by atoms with van der Waals surface area (Å²) in [6, 6.07) is 2.25. The topological polar surface area (TPSA) is 39.2 Å². The van der Waals surface area contributed by atoms with Gasteiger partial charge in [0.05, 0.1) is 12.5 Å². The first-order valence-electron chi connectivity index (χ1n) is 4.99. The first-order chi connectivity index (χ1) is 6.22. The van der Waals surface area contributed by atoms with Gasteiger partial charge in [0.1, 0.15) is 0 Å². The number of furan rings is 1. The molecule has 2 unspecified atom stereocenters. The van der Waals surface area contributed by atoms with Gasteiger partial charge in [-0.2, -0.15) is 0 Å². The molecule has 0 saturated heterocycles. The molecule has 0 aliphatic rings. The van der Waals surface area contributed by atoms with Gasteiger partial charge in [0.25, 0.3) is 0 Å². The summed E-state index contributed by atoms with van der Waals surface area (Å²) >= 11 is 0. The average molecular weight is 181 g/mol. The third-order valence-electron chi connectivity index (χ3n) is 2.48. The predicted molar refractivity (Wildman–Crippen MR) is 54.5 cm³/mol. The molecule has 1 heterocycles. The fourth-order valence-electron chi connectivity index (χ4n) is 1.48. The van der Waals surface area contributed by atoms with Crippen molar-refractivity contribution in [3.8, 4) is 0 Å². The zero-order valence-electron chi connectivity index (χ0n) is 8.49. The normalized spacial score (nSPS) is 15.6. The second-order valence-electron chi connectivity index (χ2n) is 3.84. The van der Waals surface area contributed by atoms with E-state index in [9.17, 15) is 0 Å². The van der Waals surface area contributed by atoms with Crippen LogP contribution < -0.4 is 5.73 Å². The van der Waals surface area contributed by atoms with Crippen LogP contribution in [0.3, 0.4) is 0 Å². The van der Waals surface area contributed by atoms with E-state index in [4.69, 9.17) is 10.2 Å². The number of rotatable bonds is 5. The van der Waals surface area contributed by atoms with Gasteiger partial charge in [-0.1, -0.05) is 20.3 Å². The maximum Gasteiger partial charge on any atom is 0.0935 e. The lowest BCUT2D eigenvalue weighted by molar-refractivity contribution is 0.449. The third-order valence-corrected chi connectivity index (χ3v) is 2.48. The number of hydrogen-bond acceptors (Lipinski definition) is 2. The smallest absolute Gasteiger partial charge is 0.0935 e. The lowest BCUT2D eigenvalue weighted by Crippen LogP contribution is -2.24. The molecule has 74 valence electrons. The summed E-state index contributed by atoms with van der Waals surface area (Å²) in [6.07, 6.45) is 6.71. The monoisotopic (exact) mass is 181 g/mol. The highest BCUT2D eigenvalue weighted by Crippen LogP contribution is 2.12. The SMILES string of the molecule is CCC(C)CC(N)Cc1ccoc1. The molecule has 0 spiro atoms. The highest BCUT2D eigenvalue weighted by molar-refractivity contribution is 5.06. The molecular formula is C11H19NO. The first-order valence-corrected chi connectivity index (χ1v) is 4.99. The molecule has 0 fully saturated rings. The van der Waals surface area contributed by atoms with Crippen molar-refractivity contribution >= 4 is 0 Å². The Morgan fingerprint density at radius 1 is 1.54 bits per heavy atom. The van der Waals surface area contributed by atoms with Crippen LogP contribution in [0.2, 0.25) is 0 Å². The van der Waals surface area contributed by atoms with Crippen molar-refractivity contribution in [1.82, 2.24) is 0 Å². The molecule has 2 atom stereocenters. The van der Waals surface area contributed by atoms with Gasteiger partial charge >= 0.3 is 0 Å². The van der Waals surface area contributed by atoms with Crippen molar-refractivity contribution in [1.29, 1.82) is 0 Å². The Labute approximate surface area is 80.1 Å². The molecule has 1 rings (SSSR count). The Bertz CT molecular complexity index is 218. The molecule has 13 heavy (non-hydrogen) atoms. The summed E-state index contributed by atoms with van der Waals surface area (Å²) in [5, 5.41) is 0. The van der Waals surface area contributed by atoms with Crippen LogP contribution in [0.5, 0.6) is 0 Å². The predicted octanol–water partition coefficient (Wildman–Crippen LogP) is 2.59. The van der Waals surface area contributed by atoms with Gasteiger partial charge in [-0.25, -0.2) is 0 Å². The molecule has 1 aromatic rings. The largest absolute Gasteiger partial charge is 0.472 e. The molecular weight excluding hydrogens is 162 g/mol. The molecule has 0 radical (unpaired) electrons. The van der Waals surface area contributed by atoms with Crippen molar-refractivity contribution in [3.05, 3.63) is 24.2 Å². The van der Waals surface area contributed by atoms with Crippen molar-refractivity contribution < 1.29 is 4.42 Å². The van der Waals surface area contributed by atoms with E-state index in [1.807, 2.05) is 6.07 Å². The van der Waals surface area contributed by atoms with E-state index in [2.05, 4.69) is 13.8 Å². The lowest BCUT2D eigenvalue weighted by Gasteiger charge is -2.14. The van der Waals surface area contributed by atoms with Crippen molar-refractivity contribution in [2.45, 2.75) is 39.2 Å². The fourth-order valence-corrected chi connectivity index (χ4v) is 1.48. The second kappa shape index (κ2) is 5.07. The molecule has 0 bridgehead atoms. The van der Waals surface area contributed by atoms with Crippen LogP contribution in [-0.4, -0.2) is 6.04 Å². The molecule has 0 aromatic carbocycles. The van der Waals surface area contributed by atoms with E-state index in [1.165, 1.54) is 12.0 Å². The van der Waals surface area contributed by atoms with E-state index < -0.39 is 0 Å². The minimum Gasteiger partial charge on any atom is -0.472 e. The first kappa shape index (κ1) is 10.3. The van der Waals surface area contributed by atoms with Gasteiger partial charge in [0.2, 0.25) is 0 Å². The zero-order valence-corrected chi connectivity index (χ0v) is 8.49. The molecule has 2 N–H and O–H groups in total. The summed E-state index contributed by atoms with van der Waals surface area (Å²) in [6.45, 7) is 4.45. The fraction of sp³-hybridized carbons (Fsp3) is 0.636. The zero-order chi connectivity index (χ0) is 9.68. The van der Waals surface area contributed by atoms with Crippen LogP contribution in [0.15, 0.2) is 23.0 Å². The molecule has 0 amide bonds. The van der Waals surface area contributed by atoms with Crippen molar-refractivity contribution in [2.75, 3.05) is 0 Å². The Kier molecular flexibility index (Phi) is 4.03. The van der Waals surface area contributed by atoms with Crippen LogP contribution in [-0.2, 0) is 6.42 Å². The molecule has 0 saturated carbocycles. The van der Waals surface area contributed by atoms with Crippen molar-refractivity contribution in [2.24, 2.45) is 11.7 Å². The quantitative estimate of drug-likeness (QED) is 0.758. The maximum absolute atomic E-state index is 6.00. The minimum absolute atomic E-state index is 0.271. The number of hydrogen-bond donors (Lipinski definition) is 1. The summed E-state index contributed by atoms with van der Waals surface area (Å²) in [5.41, 5.74) is 7.20. The van der Waals surface area contributed by atoms with Crippen LogP contribution >= 0.6 is 0 Å². The van der Waals surface area contributed by atoms with E-state index in [0.29, 0.717) is 0 Å². The van der Waals surface area contributed by atoms with Crippen LogP contribution in [0.1, 0.15) is 32.3 Å². The van der Waals surface area contributed by atoms with Crippen LogP contribution in [0, 0.1) is 5.92 Å². The lowest BCUT2D eigenvalue weighted by atomic mass is 9.96. The summed E-state index contributed by atoms with van der Waals surface area (Å²) < 4.78 is 4.99. The Hall–Kier alpha value is -0.760. The van der Waals surface area contributed by atoms with Crippen LogP contribution in [0.25, 0.3) is 0 Å². The maximum atomic E-state index is 6.00. The third kappa shape index (κ3) is 3.64. The second-order valence-corrected chi connectivity index (χ2v) is 3.84. The molecule has 0 aliphatic carbocycles. The summed E-state index contributed by atoms with van der Waals surface area (Å²) in [5.74, 6) is 0.724. The standard InChI is InChI=1S/C11H19NO/c1-3-9(2)6-11(12)7-10-4-5-13-8-10/h4-5,8-9,11H,3,6-7,12H2,1-2H3. The molecule has 0 aliphatic heterocycles. The Balaban J connectivity index is 2.29. The van der Waals surface area contributed by atoms with Gasteiger partial charge in [-0.05, 0) is 30.4 Å². The molecule has 1 aromatic heterocycles. The Morgan fingerprint density at radius 3 is 2.85 bits per heavy atom. The van der Waals surface area contributed by atoms with E-state index in [-0.39, 0.29) is 6.04 Å². The van der Waals surface area contributed by atoms with Crippen LogP contribution in [0.4, 0.5) is 0 Å². The number of nitrogens with two attached hydrogens (primary N) is 1. The van der Waals surface area contributed by atoms with Crippen molar-refractivity contribution in [3.63, 3.8) is 0 Å².